The van der Waals surface area contributed by atoms with Crippen LogP contribution in [0, 0.1) is 5.92 Å². The van der Waals surface area contributed by atoms with Crippen molar-refractivity contribution in [3.05, 3.63) is 17.5 Å². The van der Waals surface area contributed by atoms with Gasteiger partial charge in [-0.3, -0.25) is 9.48 Å². The maximum absolute atomic E-state index is 13.0. The van der Waals surface area contributed by atoms with E-state index < -0.39 is 18.4 Å². The van der Waals surface area contributed by atoms with Gasteiger partial charge in [-0.15, -0.1) is 0 Å². The molecule has 1 amide bonds. The highest BCUT2D eigenvalue weighted by atomic mass is 19.3. The van der Waals surface area contributed by atoms with Crippen molar-refractivity contribution in [2.24, 2.45) is 5.92 Å². The average molecular weight is 303 g/mol. The zero-order valence-corrected chi connectivity index (χ0v) is 12.6. The highest BCUT2D eigenvalue weighted by Crippen LogP contribution is 2.22. The van der Waals surface area contributed by atoms with Gasteiger partial charge < -0.3 is 10.4 Å². The van der Waals surface area contributed by atoms with Crippen LogP contribution >= 0.6 is 0 Å². The van der Waals surface area contributed by atoms with Gasteiger partial charge in [-0.05, 0) is 12.3 Å². The van der Waals surface area contributed by atoms with Gasteiger partial charge in [0.25, 0.3) is 12.3 Å². The Morgan fingerprint density at radius 2 is 2.14 bits per heavy atom. The number of nitrogens with one attached hydrogen (secondary N) is 1. The van der Waals surface area contributed by atoms with Crippen LogP contribution in [0.3, 0.4) is 0 Å². The molecular formula is C14H23F2N3O2. The first-order valence-electron chi connectivity index (χ1n) is 7.16. The standard InChI is InChI=1S/C14H23F2N3O2/c1-4-5-10(20)6-17-14(21)12-11(13(15)16)8-19(18-12)7-9(2)3/h8-10,13,20H,4-7H2,1-3H3,(H,17,21). The number of aliphatic hydroxyl groups excluding tert-OH is 1. The van der Waals surface area contributed by atoms with Crippen LogP contribution in [0.2, 0.25) is 0 Å². The molecule has 0 aromatic carbocycles. The van der Waals surface area contributed by atoms with E-state index in [0.29, 0.717) is 13.0 Å². The topological polar surface area (TPSA) is 67.2 Å². The van der Waals surface area contributed by atoms with Crippen LogP contribution in [0.15, 0.2) is 6.20 Å². The molecule has 0 aliphatic rings. The first kappa shape index (κ1) is 17.6. The summed E-state index contributed by atoms with van der Waals surface area (Å²) in [5, 5.41) is 15.9. The average Bonchev–Trinajstić information content (AvgIpc) is 2.79. The van der Waals surface area contributed by atoms with E-state index in [0.717, 1.165) is 6.42 Å². The third kappa shape index (κ3) is 5.41. The lowest BCUT2D eigenvalue weighted by Crippen LogP contribution is -2.32. The Bertz CT molecular complexity index is 461. The quantitative estimate of drug-likeness (QED) is 0.775. The molecule has 0 fully saturated rings. The molecule has 0 radical (unpaired) electrons. The van der Waals surface area contributed by atoms with Crippen molar-refractivity contribution < 1.29 is 18.7 Å². The van der Waals surface area contributed by atoms with Gasteiger partial charge in [-0.2, -0.15) is 5.10 Å². The lowest BCUT2D eigenvalue weighted by molar-refractivity contribution is 0.0892. The summed E-state index contributed by atoms with van der Waals surface area (Å²) in [6, 6.07) is 0. The maximum Gasteiger partial charge on any atom is 0.272 e. The predicted octanol–water partition coefficient (Wildman–Crippen LogP) is 2.37. The molecule has 120 valence electrons. The van der Waals surface area contributed by atoms with Crippen molar-refractivity contribution in [3.8, 4) is 0 Å². The Balaban J connectivity index is 2.79. The van der Waals surface area contributed by atoms with Crippen LogP contribution < -0.4 is 5.32 Å². The van der Waals surface area contributed by atoms with Crippen LogP contribution in [-0.4, -0.2) is 33.4 Å². The third-order valence-electron chi connectivity index (χ3n) is 2.91. The number of alkyl halides is 2. The van der Waals surface area contributed by atoms with Gasteiger partial charge in [0.2, 0.25) is 0 Å². The number of carbonyl (C=O) groups excluding carboxylic acids is 1. The second-order valence-electron chi connectivity index (χ2n) is 5.50. The SMILES string of the molecule is CCCC(O)CNC(=O)c1nn(CC(C)C)cc1C(F)F. The minimum absolute atomic E-state index is 0.0341. The van der Waals surface area contributed by atoms with Crippen molar-refractivity contribution >= 4 is 5.91 Å². The van der Waals surface area contributed by atoms with E-state index in [1.54, 1.807) is 0 Å². The third-order valence-corrected chi connectivity index (χ3v) is 2.91. The fourth-order valence-corrected chi connectivity index (χ4v) is 1.97. The smallest absolute Gasteiger partial charge is 0.272 e. The zero-order valence-electron chi connectivity index (χ0n) is 12.6. The van der Waals surface area contributed by atoms with Crippen molar-refractivity contribution in [1.29, 1.82) is 0 Å². The Hall–Kier alpha value is -1.50. The monoisotopic (exact) mass is 303 g/mol. The van der Waals surface area contributed by atoms with Gasteiger partial charge in [0.05, 0.1) is 11.7 Å². The maximum atomic E-state index is 13.0. The van der Waals surface area contributed by atoms with Gasteiger partial charge in [0.15, 0.2) is 5.69 Å². The number of aliphatic hydroxyl groups is 1. The van der Waals surface area contributed by atoms with Crippen LogP contribution in [0.4, 0.5) is 8.78 Å². The van der Waals surface area contributed by atoms with Gasteiger partial charge >= 0.3 is 0 Å². The van der Waals surface area contributed by atoms with E-state index in [4.69, 9.17) is 0 Å². The Morgan fingerprint density at radius 3 is 2.67 bits per heavy atom. The number of amides is 1. The summed E-state index contributed by atoms with van der Waals surface area (Å²) in [5.74, 6) is -0.444. The van der Waals surface area contributed by atoms with E-state index in [9.17, 15) is 18.7 Å². The molecule has 0 bridgehead atoms. The summed E-state index contributed by atoms with van der Waals surface area (Å²) in [6.45, 7) is 6.28. The molecular weight excluding hydrogens is 280 g/mol. The molecule has 0 saturated heterocycles. The van der Waals surface area contributed by atoms with Crippen molar-refractivity contribution in [3.63, 3.8) is 0 Å². The lowest BCUT2D eigenvalue weighted by atomic mass is 10.2. The highest BCUT2D eigenvalue weighted by molar-refractivity contribution is 5.93. The van der Waals surface area contributed by atoms with Gasteiger partial charge in [-0.1, -0.05) is 27.2 Å². The van der Waals surface area contributed by atoms with Gasteiger partial charge in [0, 0.05) is 19.3 Å². The summed E-state index contributed by atoms with van der Waals surface area (Å²) in [6.07, 6.45) is -0.896. The van der Waals surface area contributed by atoms with Crippen LogP contribution in [0.1, 0.15) is 56.1 Å². The summed E-state index contributed by atoms with van der Waals surface area (Å²) < 4.78 is 27.3. The predicted molar refractivity (Wildman–Crippen MR) is 75.3 cm³/mol. The molecule has 1 aromatic heterocycles. The number of carbonyl (C=O) groups is 1. The molecule has 1 aromatic rings. The van der Waals surface area contributed by atoms with E-state index in [1.807, 2.05) is 20.8 Å². The molecule has 2 N–H and O–H groups in total. The van der Waals surface area contributed by atoms with E-state index in [2.05, 4.69) is 10.4 Å². The second-order valence-corrected chi connectivity index (χ2v) is 5.50. The summed E-state index contributed by atoms with van der Waals surface area (Å²) in [7, 11) is 0. The number of nitrogens with zero attached hydrogens (tertiary/aromatic N) is 2. The Labute approximate surface area is 123 Å². The molecule has 1 atom stereocenters. The fourth-order valence-electron chi connectivity index (χ4n) is 1.97. The molecule has 1 heterocycles. The molecule has 0 spiro atoms. The molecule has 0 saturated carbocycles. The largest absolute Gasteiger partial charge is 0.391 e. The van der Waals surface area contributed by atoms with Crippen molar-refractivity contribution in [2.45, 2.75) is 52.7 Å². The van der Waals surface area contributed by atoms with Gasteiger partial charge in [0.1, 0.15) is 0 Å². The molecule has 0 aliphatic carbocycles. The number of aromatic nitrogens is 2. The van der Waals surface area contributed by atoms with E-state index in [-0.39, 0.29) is 23.7 Å². The molecule has 1 unspecified atom stereocenters. The normalized spacial score (nSPS) is 13.0. The first-order valence-corrected chi connectivity index (χ1v) is 7.16. The molecule has 21 heavy (non-hydrogen) atoms. The fraction of sp³-hybridized carbons (Fsp3) is 0.714. The highest BCUT2D eigenvalue weighted by Gasteiger charge is 2.23. The number of halogens is 2. The molecule has 0 aliphatic heterocycles. The van der Waals surface area contributed by atoms with Crippen LogP contribution in [0.5, 0.6) is 0 Å². The van der Waals surface area contributed by atoms with Crippen LogP contribution in [0.25, 0.3) is 0 Å². The summed E-state index contributed by atoms with van der Waals surface area (Å²) >= 11 is 0. The first-order chi connectivity index (χ1) is 9.85. The lowest BCUT2D eigenvalue weighted by Gasteiger charge is -2.10. The Morgan fingerprint density at radius 1 is 1.48 bits per heavy atom. The van der Waals surface area contributed by atoms with Crippen molar-refractivity contribution in [1.82, 2.24) is 15.1 Å². The zero-order chi connectivity index (χ0) is 16.0. The number of hydrogen-bond donors (Lipinski definition) is 2. The minimum Gasteiger partial charge on any atom is -0.391 e. The molecule has 1 rings (SSSR count). The summed E-state index contributed by atoms with van der Waals surface area (Å²) in [4.78, 5) is 11.9. The van der Waals surface area contributed by atoms with Crippen molar-refractivity contribution in [2.75, 3.05) is 6.54 Å². The van der Waals surface area contributed by atoms with E-state index >= 15 is 0 Å². The van der Waals surface area contributed by atoms with Gasteiger partial charge in [-0.25, -0.2) is 8.78 Å². The number of rotatable bonds is 8. The second kappa shape index (κ2) is 8.07. The molecule has 5 nitrogen and oxygen atoms in total. The van der Waals surface area contributed by atoms with E-state index in [1.165, 1.54) is 10.9 Å². The minimum atomic E-state index is -2.76. The molecule has 7 heteroatoms. The summed E-state index contributed by atoms with van der Waals surface area (Å²) in [5.41, 5.74) is -0.646. The van der Waals surface area contributed by atoms with Crippen LogP contribution in [-0.2, 0) is 6.54 Å². The number of hydrogen-bond acceptors (Lipinski definition) is 3. The Kier molecular flexibility index (Phi) is 6.74.